The number of esters is 1. The fourth-order valence-electron chi connectivity index (χ4n) is 2.58. The molecule has 24 heavy (non-hydrogen) atoms. The van der Waals surface area contributed by atoms with Gasteiger partial charge in [-0.25, -0.2) is 0 Å². The number of methoxy groups -OCH3 is 1. The molecule has 130 valence electrons. The molecule has 0 amide bonds. The highest BCUT2D eigenvalue weighted by Gasteiger charge is 2.39. The van der Waals surface area contributed by atoms with E-state index in [0.29, 0.717) is 16.7 Å². The summed E-state index contributed by atoms with van der Waals surface area (Å²) in [4.78, 5) is 26.5. The van der Waals surface area contributed by atoms with E-state index in [0.717, 1.165) is 5.52 Å². The highest BCUT2D eigenvalue weighted by molar-refractivity contribution is 5.91. The SMILES string of the molecule is COc1ccc2[nH]cc([C@@H](C(=O)OC(C)(C)C)[C@H](C)[N+](=O)[O-])c2c1. The molecule has 0 radical (unpaired) electrons. The van der Waals surface area contributed by atoms with Crippen LogP contribution in [0.4, 0.5) is 0 Å². The molecule has 1 N–H and O–H groups in total. The fraction of sp³-hybridized carbons (Fsp3) is 0.471. The van der Waals surface area contributed by atoms with Crippen molar-refractivity contribution in [3.05, 3.63) is 40.1 Å². The summed E-state index contributed by atoms with van der Waals surface area (Å²) >= 11 is 0. The van der Waals surface area contributed by atoms with Crippen molar-refractivity contribution in [2.45, 2.75) is 45.3 Å². The molecule has 2 rings (SSSR count). The number of hydrogen-bond donors (Lipinski definition) is 1. The summed E-state index contributed by atoms with van der Waals surface area (Å²) in [6.07, 6.45) is 1.62. The highest BCUT2D eigenvalue weighted by Crippen LogP contribution is 2.33. The first kappa shape index (κ1) is 17.8. The number of aromatic nitrogens is 1. The Kier molecular flexibility index (Phi) is 4.82. The molecule has 0 aliphatic rings. The topological polar surface area (TPSA) is 94.5 Å². The van der Waals surface area contributed by atoms with Gasteiger partial charge in [-0.15, -0.1) is 0 Å². The number of ether oxygens (including phenoxy) is 2. The lowest BCUT2D eigenvalue weighted by molar-refractivity contribution is -0.520. The van der Waals surface area contributed by atoms with Crippen molar-refractivity contribution in [2.24, 2.45) is 0 Å². The van der Waals surface area contributed by atoms with Crippen LogP contribution in [0.15, 0.2) is 24.4 Å². The molecule has 2 atom stereocenters. The van der Waals surface area contributed by atoms with E-state index in [-0.39, 0.29) is 0 Å². The Labute approximate surface area is 140 Å². The average Bonchev–Trinajstić information content (AvgIpc) is 2.88. The van der Waals surface area contributed by atoms with E-state index in [4.69, 9.17) is 9.47 Å². The van der Waals surface area contributed by atoms with Crippen molar-refractivity contribution in [2.75, 3.05) is 7.11 Å². The number of carbonyl (C=O) groups is 1. The molecule has 0 unspecified atom stereocenters. The number of aromatic amines is 1. The molecule has 0 aliphatic carbocycles. The summed E-state index contributed by atoms with van der Waals surface area (Å²) in [5.74, 6) is -1.02. The van der Waals surface area contributed by atoms with Crippen LogP contribution in [-0.4, -0.2) is 34.6 Å². The van der Waals surface area contributed by atoms with Crippen LogP contribution in [0.5, 0.6) is 5.75 Å². The van der Waals surface area contributed by atoms with Crippen LogP contribution in [0.1, 0.15) is 39.2 Å². The first-order valence-corrected chi connectivity index (χ1v) is 7.65. The Morgan fingerprint density at radius 2 is 2.00 bits per heavy atom. The molecule has 1 aromatic heterocycles. The maximum atomic E-state index is 12.6. The van der Waals surface area contributed by atoms with Crippen molar-refractivity contribution < 1.29 is 19.2 Å². The molecule has 7 heteroatoms. The third-order valence-electron chi connectivity index (χ3n) is 3.73. The maximum Gasteiger partial charge on any atom is 0.321 e. The monoisotopic (exact) mass is 334 g/mol. The second kappa shape index (κ2) is 6.51. The number of hydrogen-bond acceptors (Lipinski definition) is 5. The van der Waals surface area contributed by atoms with Gasteiger partial charge in [0.05, 0.1) is 7.11 Å². The molecule has 0 saturated carbocycles. The van der Waals surface area contributed by atoms with Gasteiger partial charge < -0.3 is 14.5 Å². The van der Waals surface area contributed by atoms with E-state index < -0.39 is 28.5 Å². The van der Waals surface area contributed by atoms with Crippen LogP contribution < -0.4 is 4.74 Å². The third kappa shape index (κ3) is 3.67. The summed E-state index contributed by atoms with van der Waals surface area (Å²) in [6.45, 7) is 6.61. The maximum absolute atomic E-state index is 12.6. The number of nitrogens with one attached hydrogen (secondary N) is 1. The molecule has 1 aromatic carbocycles. The lowest BCUT2D eigenvalue weighted by Crippen LogP contribution is -2.35. The normalized spacial score (nSPS) is 14.2. The highest BCUT2D eigenvalue weighted by atomic mass is 16.6. The molecule has 2 aromatic rings. The number of nitrogens with zero attached hydrogens (tertiary/aromatic N) is 1. The predicted molar refractivity (Wildman–Crippen MR) is 89.9 cm³/mol. The van der Waals surface area contributed by atoms with Crippen molar-refractivity contribution in [1.29, 1.82) is 0 Å². The Hall–Kier alpha value is -2.57. The molecule has 1 heterocycles. The van der Waals surface area contributed by atoms with Gasteiger partial charge >= 0.3 is 5.97 Å². The summed E-state index contributed by atoms with van der Waals surface area (Å²) < 4.78 is 10.6. The van der Waals surface area contributed by atoms with E-state index >= 15 is 0 Å². The van der Waals surface area contributed by atoms with Crippen LogP contribution in [0.25, 0.3) is 10.9 Å². The van der Waals surface area contributed by atoms with Crippen LogP contribution in [0.2, 0.25) is 0 Å². The third-order valence-corrected chi connectivity index (χ3v) is 3.73. The van der Waals surface area contributed by atoms with Gasteiger partial charge in [0.15, 0.2) is 5.92 Å². The minimum absolute atomic E-state index is 0.465. The van der Waals surface area contributed by atoms with Crippen molar-refractivity contribution in [1.82, 2.24) is 4.98 Å². The van der Waals surface area contributed by atoms with Gasteiger partial charge in [0.1, 0.15) is 11.4 Å². The number of fused-ring (bicyclic) bond motifs is 1. The van der Waals surface area contributed by atoms with Crippen LogP contribution >= 0.6 is 0 Å². The van der Waals surface area contributed by atoms with Crippen molar-refractivity contribution in [3.8, 4) is 5.75 Å². The molecular weight excluding hydrogens is 312 g/mol. The van der Waals surface area contributed by atoms with E-state index in [2.05, 4.69) is 4.98 Å². The zero-order valence-corrected chi connectivity index (χ0v) is 14.5. The fourth-order valence-corrected chi connectivity index (χ4v) is 2.58. The van der Waals surface area contributed by atoms with Crippen molar-refractivity contribution >= 4 is 16.9 Å². The first-order valence-electron chi connectivity index (χ1n) is 7.65. The Morgan fingerprint density at radius 3 is 2.54 bits per heavy atom. The van der Waals surface area contributed by atoms with E-state index in [9.17, 15) is 14.9 Å². The van der Waals surface area contributed by atoms with Gasteiger partial charge in [-0.05, 0) is 44.5 Å². The second-order valence-electron chi connectivity index (χ2n) is 6.69. The molecular formula is C17H22N2O5. The average molecular weight is 334 g/mol. The smallest absolute Gasteiger partial charge is 0.321 e. The van der Waals surface area contributed by atoms with Gasteiger partial charge in [-0.1, -0.05) is 0 Å². The Bertz CT molecular complexity index is 760. The summed E-state index contributed by atoms with van der Waals surface area (Å²) in [7, 11) is 1.54. The van der Waals surface area contributed by atoms with Gasteiger partial charge in [0, 0.05) is 28.9 Å². The van der Waals surface area contributed by atoms with E-state index in [1.54, 1.807) is 52.3 Å². The minimum atomic E-state index is -1.12. The quantitative estimate of drug-likeness (QED) is 0.514. The second-order valence-corrected chi connectivity index (χ2v) is 6.69. The number of nitro groups is 1. The minimum Gasteiger partial charge on any atom is -0.497 e. The lowest BCUT2D eigenvalue weighted by Gasteiger charge is -2.24. The largest absolute Gasteiger partial charge is 0.497 e. The zero-order valence-electron chi connectivity index (χ0n) is 14.5. The van der Waals surface area contributed by atoms with E-state index in [1.807, 2.05) is 0 Å². The van der Waals surface area contributed by atoms with Crippen LogP contribution in [-0.2, 0) is 9.53 Å². The molecule has 0 aliphatic heterocycles. The first-order chi connectivity index (χ1) is 11.1. The summed E-state index contributed by atoms with van der Waals surface area (Å²) in [6, 6.07) is 4.22. The molecule has 7 nitrogen and oxygen atoms in total. The lowest BCUT2D eigenvalue weighted by atomic mass is 9.92. The van der Waals surface area contributed by atoms with Gasteiger partial charge in [-0.2, -0.15) is 0 Å². The standard InChI is InChI=1S/C17H22N2O5/c1-10(19(21)22)15(16(20)24-17(2,3)4)13-9-18-14-7-6-11(23-5)8-12(13)14/h6-10,15,18H,1-5H3/t10-,15-/m0/s1. The number of rotatable bonds is 5. The van der Waals surface area contributed by atoms with Gasteiger partial charge in [0.25, 0.3) is 0 Å². The summed E-state index contributed by atoms with van der Waals surface area (Å²) in [5.41, 5.74) is 0.576. The van der Waals surface area contributed by atoms with E-state index in [1.165, 1.54) is 6.92 Å². The van der Waals surface area contributed by atoms with Gasteiger partial charge in [0.2, 0.25) is 6.04 Å². The zero-order chi connectivity index (χ0) is 18.1. The molecule has 0 spiro atoms. The molecule has 0 bridgehead atoms. The molecule has 0 fully saturated rings. The molecule has 0 saturated heterocycles. The van der Waals surface area contributed by atoms with Crippen LogP contribution in [0, 0.1) is 10.1 Å². The van der Waals surface area contributed by atoms with Crippen molar-refractivity contribution in [3.63, 3.8) is 0 Å². The number of carbonyl (C=O) groups excluding carboxylic acids is 1. The number of H-pyrrole nitrogens is 1. The Morgan fingerprint density at radius 1 is 1.33 bits per heavy atom. The predicted octanol–water partition coefficient (Wildman–Crippen LogP) is 3.27. The summed E-state index contributed by atoms with van der Waals surface area (Å²) in [5, 5.41) is 12.0. The van der Waals surface area contributed by atoms with Gasteiger partial charge in [-0.3, -0.25) is 14.9 Å². The van der Waals surface area contributed by atoms with Crippen LogP contribution in [0.3, 0.4) is 0 Å². The Balaban J connectivity index is 2.55. The number of benzene rings is 1.